The number of rotatable bonds is 5. The van der Waals surface area contributed by atoms with E-state index in [1.165, 1.54) is 36.7 Å². The predicted molar refractivity (Wildman–Crippen MR) is 90.7 cm³/mol. The molecule has 0 bridgehead atoms. The van der Waals surface area contributed by atoms with Crippen LogP contribution in [0.1, 0.15) is 30.3 Å². The maximum Gasteiger partial charge on any atom is 0.178 e. The van der Waals surface area contributed by atoms with Gasteiger partial charge in [-0.05, 0) is 43.7 Å². The van der Waals surface area contributed by atoms with Gasteiger partial charge in [-0.1, -0.05) is 0 Å². The molecule has 1 saturated heterocycles. The van der Waals surface area contributed by atoms with E-state index in [1.807, 2.05) is 0 Å². The molecule has 25 heavy (non-hydrogen) atoms. The minimum atomic E-state index is -3.41. The molecule has 6 nitrogen and oxygen atoms in total. The van der Waals surface area contributed by atoms with Crippen LogP contribution in [0, 0.1) is 5.82 Å². The van der Waals surface area contributed by atoms with Crippen LogP contribution < -0.4 is 10.1 Å². The summed E-state index contributed by atoms with van der Waals surface area (Å²) < 4.78 is 42.6. The van der Waals surface area contributed by atoms with Crippen molar-refractivity contribution in [2.75, 3.05) is 19.3 Å². The van der Waals surface area contributed by atoms with E-state index >= 15 is 0 Å². The Balaban J connectivity index is 1.84. The number of hydrogen-bond acceptors (Lipinski definition) is 6. The van der Waals surface area contributed by atoms with Crippen molar-refractivity contribution >= 4 is 9.84 Å². The zero-order valence-corrected chi connectivity index (χ0v) is 14.7. The summed E-state index contributed by atoms with van der Waals surface area (Å²) >= 11 is 0. The van der Waals surface area contributed by atoms with E-state index in [1.54, 1.807) is 0 Å². The molecule has 1 fully saturated rings. The molecule has 8 heteroatoms. The standard InChI is InChI=1S/C17H20FN3O3S/c1-25(22,23)15-10-20-16(11-24-14-6-4-13(18)5-7-14)21-17(15)12-3-2-8-19-9-12/h4-7,10,12,19H,2-3,8-9,11H2,1H3/t12-/m0/s1. The summed E-state index contributed by atoms with van der Waals surface area (Å²) in [6.07, 6.45) is 4.37. The Morgan fingerprint density at radius 2 is 2.08 bits per heavy atom. The summed E-state index contributed by atoms with van der Waals surface area (Å²) in [7, 11) is -3.41. The van der Waals surface area contributed by atoms with Crippen LogP contribution in [-0.4, -0.2) is 37.7 Å². The number of ether oxygens (including phenoxy) is 1. The minimum absolute atomic E-state index is 0.0334. The Morgan fingerprint density at radius 1 is 1.32 bits per heavy atom. The van der Waals surface area contributed by atoms with E-state index in [0.717, 1.165) is 19.4 Å². The number of nitrogens with one attached hydrogen (secondary N) is 1. The molecule has 1 aromatic heterocycles. The lowest BCUT2D eigenvalue weighted by atomic mass is 9.96. The zero-order valence-electron chi connectivity index (χ0n) is 13.9. The van der Waals surface area contributed by atoms with Crippen LogP contribution in [0.2, 0.25) is 0 Å². The fourth-order valence-electron chi connectivity index (χ4n) is 2.83. The Morgan fingerprint density at radius 3 is 2.72 bits per heavy atom. The first-order chi connectivity index (χ1) is 11.9. The fraction of sp³-hybridized carbons (Fsp3) is 0.412. The molecule has 0 radical (unpaired) electrons. The topological polar surface area (TPSA) is 81.2 Å². The summed E-state index contributed by atoms with van der Waals surface area (Å²) in [6.45, 7) is 1.71. The molecule has 1 aliphatic heterocycles. The monoisotopic (exact) mass is 365 g/mol. The van der Waals surface area contributed by atoms with Crippen molar-refractivity contribution in [1.82, 2.24) is 15.3 Å². The first-order valence-electron chi connectivity index (χ1n) is 8.08. The highest BCUT2D eigenvalue weighted by Gasteiger charge is 2.25. The van der Waals surface area contributed by atoms with Gasteiger partial charge in [-0.25, -0.2) is 22.8 Å². The highest BCUT2D eigenvalue weighted by atomic mass is 32.2. The number of hydrogen-bond donors (Lipinski definition) is 1. The van der Waals surface area contributed by atoms with Gasteiger partial charge in [0.1, 0.15) is 23.1 Å². The molecule has 1 aromatic carbocycles. The molecule has 2 heterocycles. The molecule has 134 valence electrons. The Labute approximate surface area is 146 Å². The van der Waals surface area contributed by atoms with Crippen LogP contribution in [0.15, 0.2) is 35.4 Å². The van der Waals surface area contributed by atoms with Crippen LogP contribution in [-0.2, 0) is 16.4 Å². The SMILES string of the molecule is CS(=O)(=O)c1cnc(COc2ccc(F)cc2)nc1[C@H]1CCCNC1. The van der Waals surface area contributed by atoms with E-state index in [2.05, 4.69) is 15.3 Å². The second-order valence-electron chi connectivity index (χ2n) is 6.09. The summed E-state index contributed by atoms with van der Waals surface area (Å²) in [6, 6.07) is 5.66. The van der Waals surface area contributed by atoms with Crippen molar-refractivity contribution in [3.8, 4) is 5.75 Å². The first kappa shape index (κ1) is 17.8. The number of aromatic nitrogens is 2. The molecule has 3 rings (SSSR count). The largest absolute Gasteiger partial charge is 0.486 e. The van der Waals surface area contributed by atoms with Crippen molar-refractivity contribution in [2.24, 2.45) is 0 Å². The highest BCUT2D eigenvalue weighted by Crippen LogP contribution is 2.27. The normalized spacial score (nSPS) is 18.1. The first-order valence-corrected chi connectivity index (χ1v) is 9.97. The molecule has 1 aliphatic rings. The smallest absolute Gasteiger partial charge is 0.178 e. The van der Waals surface area contributed by atoms with Crippen molar-refractivity contribution < 1.29 is 17.5 Å². The van der Waals surface area contributed by atoms with Crippen LogP contribution in [0.4, 0.5) is 4.39 Å². The molecule has 0 saturated carbocycles. The summed E-state index contributed by atoms with van der Waals surface area (Å²) in [5, 5.41) is 3.27. The van der Waals surface area contributed by atoms with E-state index in [9.17, 15) is 12.8 Å². The lowest BCUT2D eigenvalue weighted by Crippen LogP contribution is -2.30. The van der Waals surface area contributed by atoms with Crippen LogP contribution in [0.25, 0.3) is 0 Å². The molecular weight excluding hydrogens is 345 g/mol. The average molecular weight is 365 g/mol. The van der Waals surface area contributed by atoms with Crippen molar-refractivity contribution in [1.29, 1.82) is 0 Å². The summed E-state index contributed by atoms with van der Waals surface area (Å²) in [5.74, 6) is 0.592. The average Bonchev–Trinajstić information content (AvgIpc) is 2.61. The minimum Gasteiger partial charge on any atom is -0.486 e. The van der Waals surface area contributed by atoms with Crippen molar-refractivity contribution in [2.45, 2.75) is 30.3 Å². The third-order valence-electron chi connectivity index (χ3n) is 4.10. The summed E-state index contributed by atoms with van der Waals surface area (Å²) in [5.41, 5.74) is 0.544. The van der Waals surface area contributed by atoms with Crippen LogP contribution in [0.3, 0.4) is 0 Å². The van der Waals surface area contributed by atoms with Gasteiger partial charge in [0.2, 0.25) is 0 Å². The number of benzene rings is 1. The summed E-state index contributed by atoms with van der Waals surface area (Å²) in [4.78, 5) is 8.76. The molecular formula is C17H20FN3O3S. The van der Waals surface area contributed by atoms with E-state index in [-0.39, 0.29) is 23.2 Å². The molecule has 2 aromatic rings. The Hall–Kier alpha value is -2.06. The van der Waals surface area contributed by atoms with Gasteiger partial charge in [0, 0.05) is 24.9 Å². The van der Waals surface area contributed by atoms with Gasteiger partial charge in [-0.3, -0.25) is 0 Å². The van der Waals surface area contributed by atoms with Crippen molar-refractivity contribution in [3.05, 3.63) is 47.8 Å². The second-order valence-corrected chi connectivity index (χ2v) is 8.08. The highest BCUT2D eigenvalue weighted by molar-refractivity contribution is 7.90. The van der Waals surface area contributed by atoms with Crippen LogP contribution in [0.5, 0.6) is 5.75 Å². The lowest BCUT2D eigenvalue weighted by molar-refractivity contribution is 0.293. The van der Waals surface area contributed by atoms with Gasteiger partial charge < -0.3 is 10.1 Å². The number of piperidine rings is 1. The van der Waals surface area contributed by atoms with Gasteiger partial charge in [-0.2, -0.15) is 0 Å². The molecule has 0 amide bonds. The molecule has 1 N–H and O–H groups in total. The van der Waals surface area contributed by atoms with Crippen LogP contribution >= 0.6 is 0 Å². The van der Waals surface area contributed by atoms with Gasteiger partial charge in [0.05, 0.1) is 5.69 Å². The molecule has 1 atom stereocenters. The van der Waals surface area contributed by atoms with E-state index in [0.29, 0.717) is 23.8 Å². The van der Waals surface area contributed by atoms with E-state index in [4.69, 9.17) is 4.74 Å². The fourth-order valence-corrected chi connectivity index (χ4v) is 3.67. The van der Waals surface area contributed by atoms with Gasteiger partial charge >= 0.3 is 0 Å². The molecule has 0 aliphatic carbocycles. The maximum atomic E-state index is 12.9. The Bertz CT molecular complexity index is 835. The number of nitrogens with zero attached hydrogens (tertiary/aromatic N) is 2. The Kier molecular flexibility index (Phi) is 5.29. The zero-order chi connectivity index (χ0) is 17.9. The third-order valence-corrected chi connectivity index (χ3v) is 5.21. The van der Waals surface area contributed by atoms with Crippen molar-refractivity contribution in [3.63, 3.8) is 0 Å². The second kappa shape index (κ2) is 7.45. The van der Waals surface area contributed by atoms with Gasteiger partial charge in [0.15, 0.2) is 15.7 Å². The number of halogens is 1. The van der Waals surface area contributed by atoms with Gasteiger partial charge in [0.25, 0.3) is 0 Å². The van der Waals surface area contributed by atoms with Gasteiger partial charge in [-0.15, -0.1) is 0 Å². The van der Waals surface area contributed by atoms with E-state index < -0.39 is 9.84 Å². The molecule has 0 unspecified atom stereocenters. The third kappa shape index (κ3) is 4.52. The maximum absolute atomic E-state index is 12.9. The number of sulfone groups is 1. The predicted octanol–water partition coefficient (Wildman–Crippen LogP) is 2.07. The molecule has 0 spiro atoms. The quantitative estimate of drug-likeness (QED) is 0.874. The lowest BCUT2D eigenvalue weighted by Gasteiger charge is -2.24.